The molecule has 0 amide bonds. The second-order valence-corrected chi connectivity index (χ2v) is 5.32. The van der Waals surface area contributed by atoms with E-state index >= 15 is 0 Å². The van der Waals surface area contributed by atoms with Crippen LogP contribution in [0.3, 0.4) is 0 Å². The molecule has 5 nitrogen and oxygen atoms in total. The van der Waals surface area contributed by atoms with Crippen LogP contribution >= 0.6 is 11.6 Å². The fourth-order valence-electron chi connectivity index (χ4n) is 2.04. The Morgan fingerprint density at radius 1 is 1.23 bits per heavy atom. The first-order valence-corrected chi connectivity index (χ1v) is 7.17. The van der Waals surface area contributed by atoms with Gasteiger partial charge in [-0.15, -0.1) is 0 Å². The minimum Gasteiger partial charge on any atom is -0.481 e. The Labute approximate surface area is 132 Å². The van der Waals surface area contributed by atoms with Crippen LogP contribution in [-0.2, 0) is 22.6 Å². The van der Waals surface area contributed by atoms with Gasteiger partial charge in [-0.05, 0) is 29.8 Å². The number of hydrogen-bond donors (Lipinski definition) is 2. The van der Waals surface area contributed by atoms with Crippen LogP contribution in [-0.4, -0.2) is 22.9 Å². The lowest BCUT2D eigenvalue weighted by Crippen LogP contribution is -2.39. The van der Waals surface area contributed by atoms with Crippen molar-refractivity contribution in [3.63, 3.8) is 0 Å². The topological polar surface area (TPSA) is 79.5 Å². The van der Waals surface area contributed by atoms with Crippen molar-refractivity contribution in [2.75, 3.05) is 0 Å². The summed E-state index contributed by atoms with van der Waals surface area (Å²) in [6, 6.07) is 9.64. The van der Waals surface area contributed by atoms with E-state index in [1.54, 1.807) is 36.4 Å². The zero-order valence-corrected chi connectivity index (χ0v) is 12.5. The van der Waals surface area contributed by atoms with E-state index in [4.69, 9.17) is 21.1 Å². The Bertz CT molecular complexity index is 622. The standard InChI is InChI=1S/C16H16ClNO4/c17-12-5-3-11(4-6-12)8-15(19)14(9-16(20)21)18-10-13-2-1-7-22-13/h1-7,14,18H,8-10H2,(H,20,21)/t14-/m0/s1. The highest BCUT2D eigenvalue weighted by molar-refractivity contribution is 6.30. The van der Waals surface area contributed by atoms with Crippen LogP contribution in [0.1, 0.15) is 17.7 Å². The van der Waals surface area contributed by atoms with Gasteiger partial charge >= 0.3 is 5.97 Å². The van der Waals surface area contributed by atoms with Crippen LogP contribution < -0.4 is 5.32 Å². The Balaban J connectivity index is 1.98. The van der Waals surface area contributed by atoms with Gasteiger partial charge in [0.1, 0.15) is 5.76 Å². The molecule has 116 valence electrons. The van der Waals surface area contributed by atoms with Crippen molar-refractivity contribution in [2.45, 2.75) is 25.4 Å². The van der Waals surface area contributed by atoms with Crippen molar-refractivity contribution >= 4 is 23.4 Å². The van der Waals surface area contributed by atoms with E-state index in [1.807, 2.05) is 0 Å². The molecule has 0 bridgehead atoms. The molecule has 0 saturated carbocycles. The molecule has 22 heavy (non-hydrogen) atoms. The molecule has 0 unspecified atom stereocenters. The lowest BCUT2D eigenvalue weighted by Gasteiger charge is -2.15. The highest BCUT2D eigenvalue weighted by atomic mass is 35.5. The van der Waals surface area contributed by atoms with Crippen LogP contribution in [0.5, 0.6) is 0 Å². The number of ketones is 1. The Hall–Kier alpha value is -2.11. The Morgan fingerprint density at radius 3 is 2.55 bits per heavy atom. The molecule has 0 saturated heterocycles. The van der Waals surface area contributed by atoms with Gasteiger partial charge in [0.15, 0.2) is 5.78 Å². The number of carboxylic acid groups (broad SMARTS) is 1. The highest BCUT2D eigenvalue weighted by Crippen LogP contribution is 2.11. The fourth-order valence-corrected chi connectivity index (χ4v) is 2.16. The second-order valence-electron chi connectivity index (χ2n) is 4.88. The van der Waals surface area contributed by atoms with Crippen molar-refractivity contribution in [3.8, 4) is 0 Å². The van der Waals surface area contributed by atoms with Gasteiger partial charge in [0.2, 0.25) is 0 Å². The van der Waals surface area contributed by atoms with E-state index in [0.717, 1.165) is 5.56 Å². The van der Waals surface area contributed by atoms with Crippen molar-refractivity contribution in [1.29, 1.82) is 0 Å². The van der Waals surface area contributed by atoms with Gasteiger partial charge in [-0.3, -0.25) is 14.9 Å². The smallest absolute Gasteiger partial charge is 0.305 e. The first kappa shape index (κ1) is 16.3. The summed E-state index contributed by atoms with van der Waals surface area (Å²) in [5.41, 5.74) is 0.796. The minimum atomic E-state index is -1.03. The molecule has 0 fully saturated rings. The third kappa shape index (κ3) is 5.02. The molecule has 1 aromatic heterocycles. The molecule has 0 aliphatic rings. The van der Waals surface area contributed by atoms with E-state index in [2.05, 4.69) is 5.32 Å². The average Bonchev–Trinajstić information content (AvgIpc) is 2.98. The van der Waals surface area contributed by atoms with Crippen LogP contribution in [0.2, 0.25) is 5.02 Å². The molecular formula is C16H16ClNO4. The molecule has 0 aliphatic heterocycles. The van der Waals surface area contributed by atoms with Crippen molar-refractivity contribution < 1.29 is 19.1 Å². The summed E-state index contributed by atoms with van der Waals surface area (Å²) in [6.07, 6.45) is 1.41. The number of carbonyl (C=O) groups excluding carboxylic acids is 1. The predicted octanol–water partition coefficient (Wildman–Crippen LogP) is 2.68. The van der Waals surface area contributed by atoms with Gasteiger partial charge in [0.05, 0.1) is 25.3 Å². The number of carboxylic acids is 1. The molecule has 2 rings (SSSR count). The number of Topliss-reactive ketones (excluding diaryl/α,β-unsaturated/α-hetero) is 1. The lowest BCUT2D eigenvalue weighted by molar-refractivity contribution is -0.139. The number of furan rings is 1. The molecule has 2 aromatic rings. The number of carbonyl (C=O) groups is 2. The number of hydrogen-bond acceptors (Lipinski definition) is 4. The zero-order valence-electron chi connectivity index (χ0n) is 11.8. The van der Waals surface area contributed by atoms with E-state index in [9.17, 15) is 9.59 Å². The van der Waals surface area contributed by atoms with E-state index in [0.29, 0.717) is 17.3 Å². The van der Waals surface area contributed by atoms with Crippen LogP contribution in [0.25, 0.3) is 0 Å². The van der Waals surface area contributed by atoms with Gasteiger partial charge in [0.25, 0.3) is 0 Å². The summed E-state index contributed by atoms with van der Waals surface area (Å²) in [7, 11) is 0. The lowest BCUT2D eigenvalue weighted by atomic mass is 10.0. The summed E-state index contributed by atoms with van der Waals surface area (Å²) >= 11 is 5.80. The quantitative estimate of drug-likeness (QED) is 0.781. The molecule has 0 radical (unpaired) electrons. The third-order valence-corrected chi connectivity index (χ3v) is 3.41. The first-order valence-electron chi connectivity index (χ1n) is 6.79. The van der Waals surface area contributed by atoms with Crippen LogP contribution in [0.4, 0.5) is 0 Å². The molecule has 0 spiro atoms. The van der Waals surface area contributed by atoms with E-state index in [-0.39, 0.29) is 18.6 Å². The first-order chi connectivity index (χ1) is 10.5. The third-order valence-electron chi connectivity index (χ3n) is 3.16. The number of aliphatic carboxylic acids is 1. The number of nitrogens with one attached hydrogen (secondary N) is 1. The summed E-state index contributed by atoms with van der Waals surface area (Å²) in [5.74, 6) is -0.563. The summed E-state index contributed by atoms with van der Waals surface area (Å²) < 4.78 is 5.16. The van der Waals surface area contributed by atoms with Crippen molar-refractivity contribution in [1.82, 2.24) is 5.32 Å². The van der Waals surface area contributed by atoms with Crippen molar-refractivity contribution in [2.24, 2.45) is 0 Å². The average molecular weight is 322 g/mol. The molecule has 0 aliphatic carbocycles. The number of halogens is 1. The normalized spacial score (nSPS) is 12.0. The molecule has 1 aromatic carbocycles. The number of benzene rings is 1. The monoisotopic (exact) mass is 321 g/mol. The molecule has 1 atom stereocenters. The predicted molar refractivity (Wildman–Crippen MR) is 81.8 cm³/mol. The Morgan fingerprint density at radius 2 is 1.95 bits per heavy atom. The maximum Gasteiger partial charge on any atom is 0.305 e. The van der Waals surface area contributed by atoms with Gasteiger partial charge in [0, 0.05) is 11.4 Å². The molecule has 2 N–H and O–H groups in total. The van der Waals surface area contributed by atoms with E-state index in [1.165, 1.54) is 6.26 Å². The van der Waals surface area contributed by atoms with E-state index < -0.39 is 12.0 Å². The fraction of sp³-hybridized carbons (Fsp3) is 0.250. The largest absolute Gasteiger partial charge is 0.481 e. The SMILES string of the molecule is O=C(O)C[C@H](NCc1ccco1)C(=O)Cc1ccc(Cl)cc1. The van der Waals surface area contributed by atoms with Gasteiger partial charge in [-0.25, -0.2) is 0 Å². The zero-order chi connectivity index (χ0) is 15.9. The van der Waals surface area contributed by atoms with Gasteiger partial charge < -0.3 is 9.52 Å². The Kier molecular flexibility index (Phi) is 5.75. The second kappa shape index (κ2) is 7.77. The maximum absolute atomic E-state index is 12.3. The van der Waals surface area contributed by atoms with Crippen LogP contribution in [0.15, 0.2) is 47.1 Å². The van der Waals surface area contributed by atoms with Gasteiger partial charge in [-0.1, -0.05) is 23.7 Å². The maximum atomic E-state index is 12.3. The van der Waals surface area contributed by atoms with Gasteiger partial charge in [-0.2, -0.15) is 0 Å². The minimum absolute atomic E-state index is 0.153. The molecule has 6 heteroatoms. The summed E-state index contributed by atoms with van der Waals surface area (Å²) in [5, 5.41) is 12.5. The van der Waals surface area contributed by atoms with Crippen molar-refractivity contribution in [3.05, 3.63) is 59.0 Å². The molecule has 1 heterocycles. The van der Waals surface area contributed by atoms with Crippen LogP contribution in [0, 0.1) is 0 Å². The summed E-state index contributed by atoms with van der Waals surface area (Å²) in [4.78, 5) is 23.2. The number of rotatable bonds is 8. The summed E-state index contributed by atoms with van der Waals surface area (Å²) in [6.45, 7) is 0.303. The molecular weight excluding hydrogens is 306 g/mol. The highest BCUT2D eigenvalue weighted by Gasteiger charge is 2.21.